The van der Waals surface area contributed by atoms with Gasteiger partial charge in [-0.25, -0.2) is 9.18 Å². The first-order chi connectivity index (χ1) is 9.08. The maximum absolute atomic E-state index is 13.0. The highest BCUT2D eigenvalue weighted by Gasteiger charge is 2.44. The molecule has 1 aromatic rings. The zero-order chi connectivity index (χ0) is 13.5. The molecular formula is C12H16FN3O3. The van der Waals surface area contributed by atoms with E-state index in [0.29, 0.717) is 32.5 Å². The van der Waals surface area contributed by atoms with Crippen LogP contribution in [-0.4, -0.2) is 51.2 Å². The van der Waals surface area contributed by atoms with E-state index in [2.05, 4.69) is 5.10 Å². The summed E-state index contributed by atoms with van der Waals surface area (Å²) in [6.45, 7) is 1.50. The lowest BCUT2D eigenvalue weighted by atomic mass is 9.87. The standard InChI is InChI=1S/C12H16FN3O3/c13-9-6-14-16(7-9)10-5-12(19-8-10)1-3-15(4-2-12)11(17)18/h6-7,10H,1-5,8H2,(H,17,18)/t10-/m1/s1. The summed E-state index contributed by atoms with van der Waals surface area (Å²) in [5, 5.41) is 12.9. The lowest BCUT2D eigenvalue weighted by Gasteiger charge is -2.37. The molecular weight excluding hydrogens is 253 g/mol. The van der Waals surface area contributed by atoms with Crippen molar-refractivity contribution in [3.8, 4) is 0 Å². The predicted octanol–water partition coefficient (Wildman–Crippen LogP) is 1.50. The summed E-state index contributed by atoms with van der Waals surface area (Å²) in [6.07, 6.45) is 3.84. The van der Waals surface area contributed by atoms with Gasteiger partial charge in [0, 0.05) is 19.5 Å². The molecule has 1 amide bonds. The average molecular weight is 269 g/mol. The van der Waals surface area contributed by atoms with Crippen molar-refractivity contribution < 1.29 is 19.0 Å². The van der Waals surface area contributed by atoms with E-state index in [1.807, 2.05) is 0 Å². The Morgan fingerprint density at radius 1 is 1.53 bits per heavy atom. The minimum atomic E-state index is -0.876. The van der Waals surface area contributed by atoms with Crippen LogP contribution in [0.15, 0.2) is 12.4 Å². The molecule has 1 atom stereocenters. The number of likely N-dealkylation sites (tertiary alicyclic amines) is 1. The van der Waals surface area contributed by atoms with Crippen LogP contribution in [0, 0.1) is 5.82 Å². The Labute approximate surface area is 109 Å². The number of rotatable bonds is 1. The van der Waals surface area contributed by atoms with Gasteiger partial charge in [0.2, 0.25) is 0 Å². The van der Waals surface area contributed by atoms with E-state index >= 15 is 0 Å². The molecule has 0 bridgehead atoms. The Morgan fingerprint density at radius 2 is 2.26 bits per heavy atom. The normalized spacial score (nSPS) is 25.9. The maximum atomic E-state index is 13.0. The number of halogens is 1. The third kappa shape index (κ3) is 2.30. The van der Waals surface area contributed by atoms with E-state index in [9.17, 15) is 9.18 Å². The zero-order valence-electron chi connectivity index (χ0n) is 10.5. The molecule has 2 aliphatic heterocycles. The molecule has 3 heterocycles. The van der Waals surface area contributed by atoms with Gasteiger partial charge in [-0.15, -0.1) is 0 Å². The second kappa shape index (κ2) is 4.48. The number of aromatic nitrogens is 2. The van der Waals surface area contributed by atoms with E-state index in [1.54, 1.807) is 4.68 Å². The summed E-state index contributed by atoms with van der Waals surface area (Å²) < 4.78 is 20.4. The lowest BCUT2D eigenvalue weighted by Crippen LogP contribution is -2.46. The van der Waals surface area contributed by atoms with Crippen LogP contribution in [0.4, 0.5) is 9.18 Å². The number of ether oxygens (including phenoxy) is 1. The highest BCUT2D eigenvalue weighted by molar-refractivity contribution is 5.65. The number of carbonyl (C=O) groups is 1. The molecule has 2 saturated heterocycles. The van der Waals surface area contributed by atoms with E-state index in [0.717, 1.165) is 6.42 Å². The Balaban J connectivity index is 1.64. The molecule has 0 radical (unpaired) electrons. The van der Waals surface area contributed by atoms with Gasteiger partial charge in [0.15, 0.2) is 5.82 Å². The minimum Gasteiger partial charge on any atom is -0.465 e. The molecule has 1 aromatic heterocycles. The Bertz CT molecular complexity index is 482. The third-order valence-electron chi connectivity index (χ3n) is 4.08. The smallest absolute Gasteiger partial charge is 0.407 e. The maximum Gasteiger partial charge on any atom is 0.407 e. The SMILES string of the molecule is O=C(O)N1CCC2(CC1)C[C@@H](n1cc(F)cn1)CO2. The summed E-state index contributed by atoms with van der Waals surface area (Å²) in [5.41, 5.74) is -0.265. The average Bonchev–Trinajstić information content (AvgIpc) is 2.97. The van der Waals surface area contributed by atoms with Gasteiger partial charge in [-0.1, -0.05) is 0 Å². The van der Waals surface area contributed by atoms with E-state index < -0.39 is 6.09 Å². The molecule has 104 valence electrons. The topological polar surface area (TPSA) is 67.6 Å². The first kappa shape index (κ1) is 12.4. The van der Waals surface area contributed by atoms with Crippen LogP contribution < -0.4 is 0 Å². The van der Waals surface area contributed by atoms with Gasteiger partial charge in [-0.05, 0) is 12.8 Å². The third-order valence-corrected chi connectivity index (χ3v) is 4.08. The van der Waals surface area contributed by atoms with Crippen LogP contribution in [0.25, 0.3) is 0 Å². The van der Waals surface area contributed by atoms with Gasteiger partial charge in [-0.2, -0.15) is 5.10 Å². The van der Waals surface area contributed by atoms with Crippen LogP contribution in [0.1, 0.15) is 25.3 Å². The monoisotopic (exact) mass is 269 g/mol. The number of piperidine rings is 1. The van der Waals surface area contributed by atoms with Crippen LogP contribution in [0.3, 0.4) is 0 Å². The van der Waals surface area contributed by atoms with Gasteiger partial charge >= 0.3 is 6.09 Å². The first-order valence-electron chi connectivity index (χ1n) is 6.39. The van der Waals surface area contributed by atoms with Crippen molar-refractivity contribution >= 4 is 6.09 Å². The van der Waals surface area contributed by atoms with Crippen molar-refractivity contribution in [3.63, 3.8) is 0 Å². The highest BCUT2D eigenvalue weighted by atomic mass is 19.1. The molecule has 0 saturated carbocycles. The van der Waals surface area contributed by atoms with Crippen LogP contribution >= 0.6 is 0 Å². The van der Waals surface area contributed by atoms with Crippen molar-refractivity contribution in [1.82, 2.24) is 14.7 Å². The minimum absolute atomic E-state index is 0.0425. The molecule has 3 rings (SSSR count). The molecule has 6 nitrogen and oxygen atoms in total. The van der Waals surface area contributed by atoms with Crippen LogP contribution in [-0.2, 0) is 4.74 Å². The van der Waals surface area contributed by atoms with Crippen molar-refractivity contribution in [2.45, 2.75) is 30.9 Å². The van der Waals surface area contributed by atoms with Crippen LogP contribution in [0.2, 0.25) is 0 Å². The molecule has 0 aromatic carbocycles. The number of hydrogen-bond acceptors (Lipinski definition) is 3. The fourth-order valence-corrected chi connectivity index (χ4v) is 2.96. The fraction of sp³-hybridized carbons (Fsp3) is 0.667. The second-order valence-corrected chi connectivity index (χ2v) is 5.26. The van der Waals surface area contributed by atoms with E-state index in [-0.39, 0.29) is 17.5 Å². The molecule has 2 aliphatic rings. The van der Waals surface area contributed by atoms with Crippen molar-refractivity contribution in [2.24, 2.45) is 0 Å². The molecule has 19 heavy (non-hydrogen) atoms. The number of amides is 1. The zero-order valence-corrected chi connectivity index (χ0v) is 10.5. The summed E-state index contributed by atoms with van der Waals surface area (Å²) in [7, 11) is 0. The van der Waals surface area contributed by atoms with Gasteiger partial charge < -0.3 is 14.7 Å². The van der Waals surface area contributed by atoms with Crippen molar-refractivity contribution in [3.05, 3.63) is 18.2 Å². The van der Waals surface area contributed by atoms with E-state index in [4.69, 9.17) is 9.84 Å². The van der Waals surface area contributed by atoms with Gasteiger partial charge in [0.05, 0.1) is 30.6 Å². The van der Waals surface area contributed by atoms with Gasteiger partial charge in [0.25, 0.3) is 0 Å². The lowest BCUT2D eigenvalue weighted by molar-refractivity contribution is -0.0396. The predicted molar refractivity (Wildman–Crippen MR) is 63.4 cm³/mol. The Hall–Kier alpha value is -1.63. The Kier molecular flexibility index (Phi) is 2.93. The van der Waals surface area contributed by atoms with Gasteiger partial charge in [-0.3, -0.25) is 4.68 Å². The van der Waals surface area contributed by atoms with E-state index in [1.165, 1.54) is 17.3 Å². The van der Waals surface area contributed by atoms with Crippen LogP contribution in [0.5, 0.6) is 0 Å². The van der Waals surface area contributed by atoms with Crippen molar-refractivity contribution in [1.29, 1.82) is 0 Å². The molecule has 2 fully saturated rings. The number of carboxylic acid groups (broad SMARTS) is 1. The fourth-order valence-electron chi connectivity index (χ4n) is 2.96. The number of hydrogen-bond donors (Lipinski definition) is 1. The second-order valence-electron chi connectivity index (χ2n) is 5.26. The highest BCUT2D eigenvalue weighted by Crippen LogP contribution is 2.40. The molecule has 1 spiro atoms. The summed E-state index contributed by atoms with van der Waals surface area (Å²) in [5.74, 6) is -0.346. The quantitative estimate of drug-likeness (QED) is 0.839. The summed E-state index contributed by atoms with van der Waals surface area (Å²) in [4.78, 5) is 12.3. The Morgan fingerprint density at radius 3 is 2.84 bits per heavy atom. The summed E-state index contributed by atoms with van der Waals surface area (Å²) in [6, 6.07) is 0.0425. The largest absolute Gasteiger partial charge is 0.465 e. The molecule has 0 unspecified atom stereocenters. The summed E-state index contributed by atoms with van der Waals surface area (Å²) >= 11 is 0. The molecule has 7 heteroatoms. The van der Waals surface area contributed by atoms with Gasteiger partial charge in [0.1, 0.15) is 0 Å². The molecule has 0 aliphatic carbocycles. The first-order valence-corrected chi connectivity index (χ1v) is 6.39. The molecule has 1 N–H and O–H groups in total. The number of nitrogens with zero attached hydrogens (tertiary/aromatic N) is 3. The van der Waals surface area contributed by atoms with Crippen molar-refractivity contribution in [2.75, 3.05) is 19.7 Å².